The summed E-state index contributed by atoms with van der Waals surface area (Å²) in [5, 5.41) is 19.0. The number of aromatic hydroxyl groups is 1. The Bertz CT molecular complexity index is 593. The molecule has 86 valence electrons. The van der Waals surface area contributed by atoms with Crippen molar-refractivity contribution in [3.8, 4) is 5.75 Å². The molecule has 0 aliphatic heterocycles. The lowest BCUT2D eigenvalue weighted by molar-refractivity contribution is 0.474. The van der Waals surface area contributed by atoms with Gasteiger partial charge in [0.15, 0.2) is 5.82 Å². The highest BCUT2D eigenvalue weighted by Gasteiger charge is 1.95. The molecule has 7 heteroatoms. The summed E-state index contributed by atoms with van der Waals surface area (Å²) in [4.78, 5) is 14.4. The first-order chi connectivity index (χ1) is 8.25. The van der Waals surface area contributed by atoms with Crippen LogP contribution in [0.4, 0.5) is 5.82 Å². The van der Waals surface area contributed by atoms with E-state index in [-0.39, 0.29) is 11.6 Å². The smallest absolute Gasteiger partial charge is 0.363 e. The Balaban J connectivity index is 2.08. The van der Waals surface area contributed by atoms with Crippen molar-refractivity contribution in [2.75, 3.05) is 5.43 Å². The lowest BCUT2D eigenvalue weighted by Gasteiger charge is -1.98. The fourth-order valence-corrected chi connectivity index (χ4v) is 1.13. The molecule has 3 N–H and O–H groups in total. The topological polar surface area (TPSA) is 103 Å². The summed E-state index contributed by atoms with van der Waals surface area (Å²) < 4.78 is 0. The van der Waals surface area contributed by atoms with E-state index in [0.29, 0.717) is 5.56 Å². The summed E-state index contributed by atoms with van der Waals surface area (Å²) >= 11 is 0. The largest absolute Gasteiger partial charge is 0.507 e. The fourth-order valence-electron chi connectivity index (χ4n) is 1.13. The second kappa shape index (κ2) is 4.88. The molecule has 2 rings (SSSR count). The van der Waals surface area contributed by atoms with E-state index in [1.54, 1.807) is 24.3 Å². The molecular formula is C10H9N5O2. The summed E-state index contributed by atoms with van der Waals surface area (Å²) in [6, 6.07) is 6.73. The van der Waals surface area contributed by atoms with Crippen molar-refractivity contribution in [2.45, 2.75) is 0 Å². The zero-order valence-corrected chi connectivity index (χ0v) is 8.66. The lowest BCUT2D eigenvalue weighted by atomic mass is 10.2. The Morgan fingerprint density at radius 2 is 2.24 bits per heavy atom. The van der Waals surface area contributed by atoms with Crippen LogP contribution in [0.2, 0.25) is 0 Å². The minimum atomic E-state index is -0.562. The second-order valence-corrected chi connectivity index (χ2v) is 3.10. The number of benzene rings is 1. The number of aromatic nitrogens is 3. The molecule has 1 heterocycles. The number of hydrogen-bond acceptors (Lipinski definition) is 6. The van der Waals surface area contributed by atoms with Crippen LogP contribution in [0, 0.1) is 0 Å². The number of rotatable bonds is 3. The van der Waals surface area contributed by atoms with Crippen molar-refractivity contribution in [1.82, 2.24) is 15.2 Å². The molecule has 0 unspecified atom stereocenters. The summed E-state index contributed by atoms with van der Waals surface area (Å²) in [5.74, 6) is 0.343. The second-order valence-electron chi connectivity index (χ2n) is 3.10. The Labute approximate surface area is 95.9 Å². The number of aromatic amines is 1. The first-order valence-corrected chi connectivity index (χ1v) is 4.74. The van der Waals surface area contributed by atoms with Gasteiger partial charge in [-0.25, -0.2) is 9.89 Å². The number of anilines is 1. The maximum atomic E-state index is 10.8. The van der Waals surface area contributed by atoms with E-state index >= 15 is 0 Å². The number of nitrogens with one attached hydrogen (secondary N) is 2. The van der Waals surface area contributed by atoms with Gasteiger partial charge >= 0.3 is 5.69 Å². The van der Waals surface area contributed by atoms with Gasteiger partial charge in [-0.2, -0.15) is 15.2 Å². The van der Waals surface area contributed by atoms with Gasteiger partial charge in [-0.3, -0.25) is 5.43 Å². The van der Waals surface area contributed by atoms with Gasteiger partial charge in [-0.15, -0.1) is 0 Å². The Hall–Kier alpha value is -2.70. The molecule has 17 heavy (non-hydrogen) atoms. The zero-order chi connectivity index (χ0) is 12.1. The number of hydrogen-bond donors (Lipinski definition) is 3. The van der Waals surface area contributed by atoms with Crippen LogP contribution in [0.3, 0.4) is 0 Å². The molecule has 1 aromatic carbocycles. The van der Waals surface area contributed by atoms with Crippen molar-refractivity contribution < 1.29 is 5.11 Å². The van der Waals surface area contributed by atoms with E-state index in [0.717, 1.165) is 0 Å². The van der Waals surface area contributed by atoms with Gasteiger partial charge in [0, 0.05) is 5.56 Å². The highest BCUT2D eigenvalue weighted by atomic mass is 16.3. The molecule has 0 bridgehead atoms. The standard InChI is InChI=1S/C10H9N5O2/c16-8-4-2-1-3-7(8)5-11-14-9-6-12-15-10(17)13-9/h1-6,16H,(H2,13,14,15,17)/b11-5+. The Kier molecular flexibility index (Phi) is 3.10. The molecule has 0 saturated carbocycles. The van der Waals surface area contributed by atoms with Crippen LogP contribution in [0.1, 0.15) is 5.56 Å². The third-order valence-electron chi connectivity index (χ3n) is 1.89. The van der Waals surface area contributed by atoms with Gasteiger partial charge in [0.1, 0.15) is 5.75 Å². The summed E-state index contributed by atoms with van der Waals surface area (Å²) in [7, 11) is 0. The third-order valence-corrected chi connectivity index (χ3v) is 1.89. The Morgan fingerprint density at radius 1 is 1.41 bits per heavy atom. The molecule has 2 aromatic rings. The molecule has 1 aromatic heterocycles. The number of H-pyrrole nitrogens is 1. The highest BCUT2D eigenvalue weighted by molar-refractivity contribution is 5.83. The predicted octanol–water partition coefficient (Wildman–Crippen LogP) is 0.316. The van der Waals surface area contributed by atoms with E-state index in [1.807, 2.05) is 0 Å². The van der Waals surface area contributed by atoms with Crippen LogP contribution in [-0.4, -0.2) is 26.5 Å². The maximum absolute atomic E-state index is 10.8. The first-order valence-electron chi connectivity index (χ1n) is 4.74. The van der Waals surface area contributed by atoms with Gasteiger partial charge in [0.05, 0.1) is 12.4 Å². The minimum absolute atomic E-state index is 0.120. The van der Waals surface area contributed by atoms with Crippen LogP contribution in [-0.2, 0) is 0 Å². The monoisotopic (exact) mass is 231 g/mol. The van der Waals surface area contributed by atoms with Crippen molar-refractivity contribution in [2.24, 2.45) is 5.10 Å². The SMILES string of the molecule is O=c1nc(N/N=C/c2ccccc2O)cn[nH]1. The molecule has 0 aliphatic carbocycles. The van der Waals surface area contributed by atoms with Crippen LogP contribution in [0.5, 0.6) is 5.75 Å². The summed E-state index contributed by atoms with van der Waals surface area (Å²) in [6.07, 6.45) is 2.74. The van der Waals surface area contributed by atoms with E-state index in [9.17, 15) is 9.90 Å². The van der Waals surface area contributed by atoms with Crippen molar-refractivity contribution in [3.63, 3.8) is 0 Å². The molecule has 0 radical (unpaired) electrons. The van der Waals surface area contributed by atoms with Gasteiger partial charge < -0.3 is 5.11 Å². The number of phenolic OH excluding ortho intramolecular Hbond substituents is 1. The van der Waals surface area contributed by atoms with Crippen molar-refractivity contribution >= 4 is 12.0 Å². The van der Waals surface area contributed by atoms with Crippen molar-refractivity contribution in [3.05, 3.63) is 46.5 Å². The normalized spacial score (nSPS) is 10.6. The molecular weight excluding hydrogens is 222 g/mol. The minimum Gasteiger partial charge on any atom is -0.507 e. The predicted molar refractivity (Wildman–Crippen MR) is 62.0 cm³/mol. The Morgan fingerprint density at radius 3 is 3.00 bits per heavy atom. The third kappa shape index (κ3) is 2.88. The van der Waals surface area contributed by atoms with Gasteiger partial charge in [0.25, 0.3) is 0 Å². The molecule has 0 amide bonds. The number of hydrazone groups is 1. The van der Waals surface area contributed by atoms with Gasteiger partial charge in [-0.05, 0) is 12.1 Å². The summed E-state index contributed by atoms with van der Waals surface area (Å²) in [6.45, 7) is 0. The van der Waals surface area contributed by atoms with Crippen LogP contribution in [0.15, 0.2) is 40.4 Å². The summed E-state index contributed by atoms with van der Waals surface area (Å²) in [5.41, 5.74) is 2.52. The molecule has 0 fully saturated rings. The molecule has 7 nitrogen and oxygen atoms in total. The lowest BCUT2D eigenvalue weighted by Crippen LogP contribution is -2.13. The quantitative estimate of drug-likeness (QED) is 0.521. The average Bonchev–Trinajstić information content (AvgIpc) is 2.32. The number of para-hydroxylation sites is 1. The zero-order valence-electron chi connectivity index (χ0n) is 8.66. The van der Waals surface area contributed by atoms with E-state index < -0.39 is 5.69 Å². The average molecular weight is 231 g/mol. The maximum Gasteiger partial charge on any atom is 0.363 e. The van der Waals surface area contributed by atoms with Gasteiger partial charge in [0.2, 0.25) is 0 Å². The number of phenols is 1. The van der Waals surface area contributed by atoms with Gasteiger partial charge in [-0.1, -0.05) is 12.1 Å². The van der Waals surface area contributed by atoms with Crippen LogP contribution >= 0.6 is 0 Å². The fraction of sp³-hybridized carbons (Fsp3) is 0. The highest BCUT2D eigenvalue weighted by Crippen LogP contribution is 2.12. The van der Waals surface area contributed by atoms with E-state index in [1.165, 1.54) is 12.4 Å². The van der Waals surface area contributed by atoms with Crippen LogP contribution in [0.25, 0.3) is 0 Å². The molecule has 0 spiro atoms. The molecule has 0 aliphatic rings. The van der Waals surface area contributed by atoms with Crippen LogP contribution < -0.4 is 11.1 Å². The van der Waals surface area contributed by atoms with E-state index in [4.69, 9.17) is 0 Å². The first kappa shape index (κ1) is 10.8. The molecule has 0 atom stereocenters. The van der Waals surface area contributed by atoms with Crippen molar-refractivity contribution in [1.29, 1.82) is 0 Å². The number of nitrogens with zero attached hydrogens (tertiary/aromatic N) is 3. The van der Waals surface area contributed by atoms with E-state index in [2.05, 4.69) is 25.7 Å². The molecule has 0 saturated heterocycles.